The fourth-order valence-electron chi connectivity index (χ4n) is 3.55. The third kappa shape index (κ3) is 4.57. The van der Waals surface area contributed by atoms with Gasteiger partial charge in [-0.2, -0.15) is 0 Å². The molecule has 10 heteroatoms. The Hall–Kier alpha value is -3.95. The van der Waals surface area contributed by atoms with Gasteiger partial charge in [0.15, 0.2) is 6.07 Å². The molecule has 5 rings (SSSR count). The number of benzene rings is 2. The van der Waals surface area contributed by atoms with Crippen LogP contribution in [0, 0.1) is 0 Å². The summed E-state index contributed by atoms with van der Waals surface area (Å²) in [6.45, 7) is 0.449. The number of hydrogen-bond donors (Lipinski definition) is 3. The molecule has 0 spiro atoms. The van der Waals surface area contributed by atoms with Crippen LogP contribution in [-0.2, 0) is 6.54 Å². The van der Waals surface area contributed by atoms with Gasteiger partial charge in [0.05, 0.1) is 22.5 Å². The molecule has 0 fully saturated rings. The van der Waals surface area contributed by atoms with Crippen molar-refractivity contribution in [1.29, 1.82) is 0 Å². The van der Waals surface area contributed by atoms with Gasteiger partial charge < -0.3 is 21.1 Å². The lowest BCUT2D eigenvalue weighted by Crippen LogP contribution is -2.18. The van der Waals surface area contributed by atoms with Crippen molar-refractivity contribution in [2.24, 2.45) is 0 Å². The third-order valence-electron chi connectivity index (χ3n) is 5.13. The summed E-state index contributed by atoms with van der Waals surface area (Å²) in [5.41, 5.74) is 8.31. The van der Waals surface area contributed by atoms with Crippen LogP contribution < -0.4 is 21.1 Å². The molecule has 8 nitrogen and oxygen atoms in total. The van der Waals surface area contributed by atoms with Crippen LogP contribution in [0.3, 0.4) is 0 Å². The van der Waals surface area contributed by atoms with Gasteiger partial charge in [-0.25, -0.2) is 15.0 Å². The first-order chi connectivity index (χ1) is 16.6. The van der Waals surface area contributed by atoms with Gasteiger partial charge in [-0.15, -0.1) is 11.3 Å². The summed E-state index contributed by atoms with van der Waals surface area (Å²) in [5, 5.41) is 9.96. The van der Waals surface area contributed by atoms with Crippen molar-refractivity contribution >= 4 is 67.2 Å². The number of nitrogens with two attached hydrogens (primary N) is 1. The highest BCUT2D eigenvalue weighted by molar-refractivity contribution is 7.17. The number of ether oxygens (including phenoxy) is 1. The topological polar surface area (TPSA) is 115 Å². The first-order valence-corrected chi connectivity index (χ1v) is 11.8. The van der Waals surface area contributed by atoms with E-state index in [1.165, 1.54) is 11.3 Å². The van der Waals surface area contributed by atoms with Crippen LogP contribution in [0.1, 0.15) is 16.3 Å². The summed E-state index contributed by atoms with van der Waals surface area (Å²) in [4.78, 5) is 26.0. The summed E-state index contributed by atoms with van der Waals surface area (Å²) >= 11 is 7.04. The molecule has 0 aliphatic heterocycles. The zero-order chi connectivity index (χ0) is 23.5. The van der Waals surface area contributed by atoms with Crippen LogP contribution >= 0.6 is 22.9 Å². The van der Waals surface area contributed by atoms with E-state index in [2.05, 4.69) is 25.6 Å². The zero-order valence-corrected chi connectivity index (χ0v) is 19.4. The Morgan fingerprint density at radius 2 is 1.88 bits per heavy atom. The molecule has 3 aromatic heterocycles. The second-order valence-electron chi connectivity index (χ2n) is 7.33. The number of pyridine rings is 1. The molecular weight excluding hydrogens is 472 g/mol. The van der Waals surface area contributed by atoms with E-state index in [1.807, 2.05) is 60.0 Å². The number of alkyl halides is 1. The van der Waals surface area contributed by atoms with Crippen molar-refractivity contribution in [3.8, 4) is 5.75 Å². The quantitative estimate of drug-likeness (QED) is 0.266. The van der Waals surface area contributed by atoms with Gasteiger partial charge in [-0.05, 0) is 47.2 Å². The minimum absolute atomic E-state index is 0.00251. The van der Waals surface area contributed by atoms with E-state index in [-0.39, 0.29) is 17.7 Å². The Balaban J connectivity index is 1.40. The largest absolute Gasteiger partial charge is 0.478 e. The molecule has 170 valence electrons. The highest BCUT2D eigenvalue weighted by atomic mass is 35.5. The number of fused-ring (bicyclic) bond motifs is 2. The molecule has 5 aromatic rings. The van der Waals surface area contributed by atoms with E-state index in [4.69, 9.17) is 22.1 Å². The number of rotatable bonds is 7. The molecule has 1 amide bonds. The molecule has 3 heterocycles. The van der Waals surface area contributed by atoms with E-state index in [1.54, 1.807) is 6.07 Å². The Morgan fingerprint density at radius 1 is 1.06 bits per heavy atom. The molecule has 0 saturated heterocycles. The molecule has 0 saturated carbocycles. The van der Waals surface area contributed by atoms with Gasteiger partial charge in [-0.1, -0.05) is 35.9 Å². The summed E-state index contributed by atoms with van der Waals surface area (Å²) < 4.78 is 6.02. The molecule has 0 radical (unpaired) electrons. The Labute approximate surface area is 203 Å². The van der Waals surface area contributed by atoms with Gasteiger partial charge in [-0.3, -0.25) is 4.79 Å². The minimum atomic E-state index is -0.476. The maximum atomic E-state index is 12.9. The molecular formula is C24H19ClN6O2S. The molecule has 0 aliphatic carbocycles. The molecule has 0 unspecified atom stereocenters. The first kappa shape index (κ1) is 21.9. The number of thiophene rings is 1. The lowest BCUT2D eigenvalue weighted by Gasteiger charge is -2.12. The number of amides is 1. The maximum Gasteiger partial charge on any atom is 0.294 e. The Bertz CT molecular complexity index is 1490. The number of carbonyl (C=O) groups excluding carboxylic acids is 1. The van der Waals surface area contributed by atoms with Crippen molar-refractivity contribution in [2.75, 3.05) is 22.4 Å². The predicted molar refractivity (Wildman–Crippen MR) is 137 cm³/mol. The van der Waals surface area contributed by atoms with E-state index in [0.717, 1.165) is 26.9 Å². The van der Waals surface area contributed by atoms with E-state index >= 15 is 0 Å². The summed E-state index contributed by atoms with van der Waals surface area (Å²) in [6, 6.07) is 19.1. The normalized spacial score (nSPS) is 11.0. The number of carbonyl (C=O) groups is 1. The summed E-state index contributed by atoms with van der Waals surface area (Å²) in [7, 11) is 0. The number of anilines is 3. The van der Waals surface area contributed by atoms with Crippen LogP contribution in [0.5, 0.6) is 5.75 Å². The minimum Gasteiger partial charge on any atom is -0.478 e. The second-order valence-corrected chi connectivity index (χ2v) is 8.46. The molecule has 34 heavy (non-hydrogen) atoms. The SMILES string of the molecule is Nc1nc(C(=O)Nc2cc3ccccc3c(CNc3ccc(OCCl)cc3)n2)nc2ccsc12. The van der Waals surface area contributed by atoms with Crippen molar-refractivity contribution in [3.05, 3.63) is 77.6 Å². The van der Waals surface area contributed by atoms with Crippen molar-refractivity contribution in [2.45, 2.75) is 6.54 Å². The van der Waals surface area contributed by atoms with E-state index in [9.17, 15) is 4.79 Å². The van der Waals surface area contributed by atoms with E-state index in [0.29, 0.717) is 23.6 Å². The smallest absolute Gasteiger partial charge is 0.294 e. The van der Waals surface area contributed by atoms with Crippen LogP contribution in [-0.4, -0.2) is 26.9 Å². The molecule has 2 aromatic carbocycles. The number of nitrogens with zero attached hydrogens (tertiary/aromatic N) is 3. The summed E-state index contributed by atoms with van der Waals surface area (Å²) in [5.74, 6) is 0.897. The zero-order valence-electron chi connectivity index (χ0n) is 17.8. The van der Waals surface area contributed by atoms with Crippen LogP contribution in [0.2, 0.25) is 0 Å². The van der Waals surface area contributed by atoms with Gasteiger partial charge in [0, 0.05) is 11.1 Å². The molecule has 0 aliphatic rings. The van der Waals surface area contributed by atoms with Crippen LogP contribution in [0.15, 0.2) is 66.0 Å². The number of nitrogens with one attached hydrogen (secondary N) is 2. The highest BCUT2D eigenvalue weighted by Gasteiger charge is 2.15. The van der Waals surface area contributed by atoms with E-state index < -0.39 is 5.91 Å². The highest BCUT2D eigenvalue weighted by Crippen LogP contribution is 2.25. The van der Waals surface area contributed by atoms with Crippen LogP contribution in [0.4, 0.5) is 17.3 Å². The maximum absolute atomic E-state index is 12.9. The Morgan fingerprint density at radius 3 is 2.71 bits per heavy atom. The van der Waals surface area contributed by atoms with Gasteiger partial charge in [0.1, 0.15) is 17.4 Å². The summed E-state index contributed by atoms with van der Waals surface area (Å²) in [6.07, 6.45) is 0. The lowest BCUT2D eigenvalue weighted by molar-refractivity contribution is 0.101. The van der Waals surface area contributed by atoms with Gasteiger partial charge in [0.25, 0.3) is 5.91 Å². The lowest BCUT2D eigenvalue weighted by atomic mass is 10.1. The number of hydrogen-bond acceptors (Lipinski definition) is 8. The molecule has 4 N–H and O–H groups in total. The third-order valence-corrected chi connectivity index (χ3v) is 6.16. The van der Waals surface area contributed by atoms with Gasteiger partial charge >= 0.3 is 0 Å². The fourth-order valence-corrected chi connectivity index (χ4v) is 4.41. The second kappa shape index (κ2) is 9.50. The molecule has 0 atom stereocenters. The predicted octanol–water partition coefficient (Wildman–Crippen LogP) is 5.26. The Kier molecular flexibility index (Phi) is 6.11. The fraction of sp³-hybridized carbons (Fsp3) is 0.0833. The number of nitrogen functional groups attached to an aromatic ring is 1. The van der Waals surface area contributed by atoms with Gasteiger partial charge in [0.2, 0.25) is 5.82 Å². The van der Waals surface area contributed by atoms with Crippen molar-refractivity contribution < 1.29 is 9.53 Å². The van der Waals surface area contributed by atoms with Crippen molar-refractivity contribution in [1.82, 2.24) is 15.0 Å². The van der Waals surface area contributed by atoms with Crippen LogP contribution in [0.25, 0.3) is 21.0 Å². The average Bonchev–Trinajstić information content (AvgIpc) is 3.33. The first-order valence-electron chi connectivity index (χ1n) is 10.3. The monoisotopic (exact) mass is 490 g/mol. The standard InChI is InChI=1S/C24H19ClN6O2S/c25-13-33-16-7-5-15(6-8-16)27-12-19-17-4-2-1-3-14(17)11-20(28-19)30-24(32)23-29-18-9-10-34-21(18)22(26)31-23/h1-11,27H,12-13H2,(H2,26,29,31)(H,28,30,32). The molecule has 0 bridgehead atoms. The average molecular weight is 491 g/mol. The number of halogens is 1. The number of aromatic nitrogens is 3. The van der Waals surface area contributed by atoms with Crippen molar-refractivity contribution in [3.63, 3.8) is 0 Å².